The Kier molecular flexibility index (Phi) is 4.34. The van der Waals surface area contributed by atoms with Crippen molar-refractivity contribution in [3.05, 3.63) is 65.5 Å². The summed E-state index contributed by atoms with van der Waals surface area (Å²) < 4.78 is 7.48. The van der Waals surface area contributed by atoms with Gasteiger partial charge >= 0.3 is 0 Å². The molecule has 188 valence electrons. The summed E-state index contributed by atoms with van der Waals surface area (Å²) in [5.74, 6) is 1.13. The van der Waals surface area contributed by atoms with E-state index >= 15 is 0 Å². The van der Waals surface area contributed by atoms with Crippen molar-refractivity contribution in [2.24, 2.45) is 11.3 Å². The van der Waals surface area contributed by atoms with Gasteiger partial charge in [-0.25, -0.2) is 0 Å². The number of nitrogens with zero attached hydrogens (tertiary/aromatic N) is 2. The van der Waals surface area contributed by atoms with Gasteiger partial charge in [0.1, 0.15) is 0 Å². The Morgan fingerprint density at radius 3 is 2.81 bits per heavy atom. The fourth-order valence-electron chi connectivity index (χ4n) is 9.65. The summed E-state index contributed by atoms with van der Waals surface area (Å²) in [7, 11) is 0. The fraction of sp³-hybridized carbons (Fsp3) is 0.594. The topological polar surface area (TPSA) is 45.6 Å². The van der Waals surface area contributed by atoms with Gasteiger partial charge in [-0.05, 0) is 110 Å². The smallest absolute Gasteiger partial charge is 0.0974 e. The maximum absolute atomic E-state index is 10.3. The first-order valence-corrected chi connectivity index (χ1v) is 14.2. The molecule has 3 aliphatic carbocycles. The van der Waals surface area contributed by atoms with E-state index in [-0.39, 0.29) is 16.6 Å². The van der Waals surface area contributed by atoms with Crippen LogP contribution in [0.2, 0.25) is 0 Å². The van der Waals surface area contributed by atoms with Gasteiger partial charge in [-0.15, -0.1) is 0 Å². The van der Waals surface area contributed by atoms with Crippen LogP contribution < -0.4 is 0 Å². The molecule has 6 atom stereocenters. The third-order valence-corrected chi connectivity index (χ3v) is 11.3. The zero-order valence-electron chi connectivity index (χ0n) is 21.7. The number of β-amino-alcohol motifs (C(OH)–C–C–N with tert-alkyl or cyclic N) is 1. The molecule has 2 aromatic rings. The van der Waals surface area contributed by atoms with Crippen LogP contribution >= 0.6 is 0 Å². The van der Waals surface area contributed by atoms with E-state index in [1.807, 2.05) is 19.3 Å². The molecule has 0 amide bonds. The maximum Gasteiger partial charge on any atom is 0.0974 e. The zero-order chi connectivity index (χ0) is 24.3. The molecule has 2 saturated heterocycles. The van der Waals surface area contributed by atoms with Gasteiger partial charge < -0.3 is 9.84 Å². The number of hydrogen-bond donors (Lipinski definition) is 1. The molecule has 4 heterocycles. The normalized spacial score (nSPS) is 42.7. The number of ether oxygens (including phenoxy) is 1. The van der Waals surface area contributed by atoms with Crippen LogP contribution in [-0.2, 0) is 4.74 Å². The maximum atomic E-state index is 10.3. The average molecular weight is 483 g/mol. The van der Waals surface area contributed by atoms with E-state index in [2.05, 4.69) is 53.2 Å². The molecule has 1 N–H and O–H groups in total. The largest absolute Gasteiger partial charge is 0.388 e. The standard InChI is InChI=1S/C32H38N2O2/c1-29(35)19-34(20-29)26-6-5-24-16-25-9-11-30(2)27(22-4-3-21-10-14-33-18-23(21)15-22)7-8-28(30)32(25)13-12-31(24,17-26)36-32/h3-4,9-10,14-16,18,26-28,35H,5-8,11-13,17,19-20H2,1-2H3/t26-,27+,28+,30+,31+,32?/m0/s1. The van der Waals surface area contributed by atoms with Crippen molar-refractivity contribution in [2.45, 2.75) is 94.0 Å². The Morgan fingerprint density at radius 1 is 1.06 bits per heavy atom. The zero-order valence-corrected chi connectivity index (χ0v) is 21.7. The highest BCUT2D eigenvalue weighted by molar-refractivity contribution is 5.82. The van der Waals surface area contributed by atoms with Crippen LogP contribution in [0.1, 0.15) is 76.7 Å². The average Bonchev–Trinajstić information content (AvgIpc) is 3.37. The van der Waals surface area contributed by atoms with Crippen LogP contribution in [0.3, 0.4) is 0 Å². The Hall–Kier alpha value is -2.01. The lowest BCUT2D eigenvalue weighted by atomic mass is 9.58. The second-order valence-electron chi connectivity index (χ2n) is 13.5. The molecule has 4 nitrogen and oxygen atoms in total. The van der Waals surface area contributed by atoms with E-state index in [4.69, 9.17) is 4.74 Å². The van der Waals surface area contributed by atoms with E-state index in [0.717, 1.165) is 45.2 Å². The van der Waals surface area contributed by atoms with Crippen molar-refractivity contribution in [3.8, 4) is 0 Å². The molecule has 4 fully saturated rings. The summed E-state index contributed by atoms with van der Waals surface area (Å²) in [6.07, 6.45) is 18.5. The number of allylic oxidation sites excluding steroid dienone is 1. The first-order valence-electron chi connectivity index (χ1n) is 14.2. The van der Waals surface area contributed by atoms with Crippen molar-refractivity contribution < 1.29 is 9.84 Å². The number of aromatic nitrogens is 1. The molecular weight excluding hydrogens is 444 g/mol. The second kappa shape index (κ2) is 7.09. The highest BCUT2D eigenvalue weighted by Crippen LogP contribution is 2.69. The van der Waals surface area contributed by atoms with Crippen LogP contribution in [-0.4, -0.2) is 50.9 Å². The van der Waals surface area contributed by atoms with Gasteiger partial charge in [-0.2, -0.15) is 0 Å². The van der Waals surface area contributed by atoms with Gasteiger partial charge in [0.15, 0.2) is 0 Å². The Labute approximate surface area is 214 Å². The number of fused-ring (bicyclic) bond motifs is 2. The SMILES string of the molecule is CC1(O)CN([C@H]2CCC3=CC4=CC[C@]5(C)[C@@H](c6ccc7ccncc7c6)CC[C@H]5C45CC[C@]3(C2)O5)C1. The second-order valence-corrected chi connectivity index (χ2v) is 13.5. The third kappa shape index (κ3) is 2.84. The van der Waals surface area contributed by atoms with Gasteiger partial charge in [0.25, 0.3) is 0 Å². The summed E-state index contributed by atoms with van der Waals surface area (Å²) in [5, 5.41) is 12.9. The van der Waals surface area contributed by atoms with E-state index in [9.17, 15) is 5.11 Å². The fourth-order valence-corrected chi connectivity index (χ4v) is 9.65. The minimum atomic E-state index is -0.503. The molecule has 8 rings (SSSR count). The first kappa shape index (κ1) is 22.0. The van der Waals surface area contributed by atoms with Gasteiger partial charge in [0.2, 0.25) is 0 Å². The van der Waals surface area contributed by atoms with Gasteiger partial charge in [0, 0.05) is 36.9 Å². The number of aliphatic hydroxyl groups is 1. The van der Waals surface area contributed by atoms with Crippen molar-refractivity contribution in [1.82, 2.24) is 9.88 Å². The number of likely N-dealkylation sites (tertiary alicyclic amines) is 1. The molecule has 2 saturated carbocycles. The molecule has 2 bridgehead atoms. The summed E-state index contributed by atoms with van der Waals surface area (Å²) in [6, 6.07) is 9.73. The summed E-state index contributed by atoms with van der Waals surface area (Å²) in [4.78, 5) is 6.89. The molecule has 1 aromatic carbocycles. The molecule has 0 radical (unpaired) electrons. The molecule has 2 spiro atoms. The lowest BCUT2D eigenvalue weighted by Gasteiger charge is -2.56. The van der Waals surface area contributed by atoms with Crippen LogP contribution in [0.4, 0.5) is 0 Å². The Balaban J connectivity index is 1.13. The quantitative estimate of drug-likeness (QED) is 0.578. The van der Waals surface area contributed by atoms with Gasteiger partial charge in [-0.1, -0.05) is 31.2 Å². The summed E-state index contributed by atoms with van der Waals surface area (Å²) in [5.41, 5.74) is 4.08. The first-order chi connectivity index (χ1) is 17.3. The summed E-state index contributed by atoms with van der Waals surface area (Å²) >= 11 is 0. The predicted molar refractivity (Wildman–Crippen MR) is 142 cm³/mol. The van der Waals surface area contributed by atoms with Crippen molar-refractivity contribution in [2.75, 3.05) is 13.1 Å². The van der Waals surface area contributed by atoms with E-state index < -0.39 is 5.60 Å². The minimum absolute atomic E-state index is 0.0767. The predicted octanol–water partition coefficient (Wildman–Crippen LogP) is 5.91. The van der Waals surface area contributed by atoms with Crippen LogP contribution in [0, 0.1) is 11.3 Å². The van der Waals surface area contributed by atoms with Gasteiger partial charge in [-0.3, -0.25) is 9.88 Å². The molecule has 1 aromatic heterocycles. The third-order valence-electron chi connectivity index (χ3n) is 11.3. The highest BCUT2D eigenvalue weighted by Gasteiger charge is 2.66. The minimum Gasteiger partial charge on any atom is -0.388 e. The molecule has 36 heavy (non-hydrogen) atoms. The van der Waals surface area contributed by atoms with Crippen LogP contribution in [0.15, 0.2) is 60.0 Å². The number of hydrogen-bond acceptors (Lipinski definition) is 4. The van der Waals surface area contributed by atoms with E-state index in [0.29, 0.717) is 17.9 Å². The Bertz CT molecular complexity index is 1320. The number of rotatable bonds is 2. The number of benzene rings is 1. The Morgan fingerprint density at radius 2 is 1.94 bits per heavy atom. The monoisotopic (exact) mass is 482 g/mol. The molecule has 3 aliphatic heterocycles. The lowest BCUT2D eigenvalue weighted by molar-refractivity contribution is -0.157. The molecule has 4 heteroatoms. The molecule has 1 unspecified atom stereocenters. The highest BCUT2D eigenvalue weighted by atomic mass is 16.5. The van der Waals surface area contributed by atoms with Crippen molar-refractivity contribution in [3.63, 3.8) is 0 Å². The van der Waals surface area contributed by atoms with Crippen LogP contribution in [0.25, 0.3) is 10.8 Å². The van der Waals surface area contributed by atoms with E-state index in [1.165, 1.54) is 41.2 Å². The van der Waals surface area contributed by atoms with Crippen molar-refractivity contribution >= 4 is 10.8 Å². The summed E-state index contributed by atoms with van der Waals surface area (Å²) in [6.45, 7) is 6.16. The number of pyridine rings is 1. The van der Waals surface area contributed by atoms with Gasteiger partial charge in [0.05, 0.1) is 16.8 Å². The molecule has 6 aliphatic rings. The molecular formula is C32H38N2O2. The van der Waals surface area contributed by atoms with E-state index in [1.54, 1.807) is 5.57 Å². The lowest BCUT2D eigenvalue weighted by Crippen LogP contribution is -2.65. The van der Waals surface area contributed by atoms with Crippen molar-refractivity contribution in [1.29, 1.82) is 0 Å². The van der Waals surface area contributed by atoms with Crippen LogP contribution in [0.5, 0.6) is 0 Å².